The van der Waals surface area contributed by atoms with E-state index in [0.717, 1.165) is 24.7 Å². The van der Waals surface area contributed by atoms with Crippen molar-refractivity contribution in [3.63, 3.8) is 0 Å². The van der Waals surface area contributed by atoms with Gasteiger partial charge in [0.25, 0.3) is 0 Å². The van der Waals surface area contributed by atoms with Crippen molar-refractivity contribution in [3.8, 4) is 5.75 Å². The number of ether oxygens (including phenoxy) is 2. The van der Waals surface area contributed by atoms with Crippen LogP contribution in [0.2, 0.25) is 0 Å². The van der Waals surface area contributed by atoms with Crippen molar-refractivity contribution >= 4 is 16.6 Å². The maximum absolute atomic E-state index is 6.09. The van der Waals surface area contributed by atoms with Crippen molar-refractivity contribution in [1.82, 2.24) is 9.97 Å². The van der Waals surface area contributed by atoms with Gasteiger partial charge in [-0.15, -0.1) is 0 Å². The molecule has 1 atom stereocenters. The molecule has 1 unspecified atom stereocenters. The summed E-state index contributed by atoms with van der Waals surface area (Å²) in [6.45, 7) is 2.37. The summed E-state index contributed by atoms with van der Waals surface area (Å²) in [6, 6.07) is 14.8. The molecule has 1 aromatic heterocycles. The number of hydrogen-bond acceptors (Lipinski definition) is 5. The number of nitrogens with zero attached hydrogens (tertiary/aromatic N) is 3. The summed E-state index contributed by atoms with van der Waals surface area (Å²) in [4.78, 5) is 11.3. The second-order valence-electron chi connectivity index (χ2n) is 7.35. The molecule has 0 amide bonds. The lowest BCUT2D eigenvalue weighted by molar-refractivity contribution is 0.0396. The van der Waals surface area contributed by atoms with Crippen LogP contribution in [0.4, 0.5) is 5.82 Å². The molecule has 5 rings (SSSR count). The van der Waals surface area contributed by atoms with Gasteiger partial charge < -0.3 is 14.4 Å². The van der Waals surface area contributed by atoms with E-state index in [9.17, 15) is 0 Å². The van der Waals surface area contributed by atoms with Crippen molar-refractivity contribution in [2.75, 3.05) is 31.7 Å². The van der Waals surface area contributed by atoms with E-state index in [2.05, 4.69) is 51.3 Å². The topological polar surface area (TPSA) is 47.5 Å². The Balaban J connectivity index is 1.39. The van der Waals surface area contributed by atoms with Crippen molar-refractivity contribution in [1.29, 1.82) is 0 Å². The van der Waals surface area contributed by atoms with Gasteiger partial charge in [-0.25, -0.2) is 9.97 Å². The van der Waals surface area contributed by atoms with E-state index in [1.165, 1.54) is 34.9 Å². The lowest BCUT2D eigenvalue weighted by Crippen LogP contribution is -2.38. The molecule has 138 valence electrons. The summed E-state index contributed by atoms with van der Waals surface area (Å²) in [5.74, 6) is 2.54. The fourth-order valence-electron chi connectivity index (χ4n) is 3.77. The van der Waals surface area contributed by atoms with Crippen LogP contribution in [0.3, 0.4) is 0 Å². The molecule has 1 saturated carbocycles. The minimum atomic E-state index is 0.0459. The normalized spacial score (nSPS) is 20.0. The van der Waals surface area contributed by atoms with Gasteiger partial charge in [0.05, 0.1) is 13.7 Å². The summed E-state index contributed by atoms with van der Waals surface area (Å²) in [5.41, 5.74) is 2.39. The average Bonchev–Trinajstić information content (AvgIpc) is 3.59. The molecule has 2 aliphatic rings. The van der Waals surface area contributed by atoms with Crippen LogP contribution in [-0.4, -0.2) is 36.8 Å². The lowest BCUT2D eigenvalue weighted by Gasteiger charge is -2.34. The van der Waals surface area contributed by atoms with E-state index in [-0.39, 0.29) is 6.10 Å². The summed E-state index contributed by atoms with van der Waals surface area (Å²) in [7, 11) is 1.70. The minimum Gasteiger partial charge on any atom is -0.497 e. The van der Waals surface area contributed by atoms with Crippen LogP contribution in [0.5, 0.6) is 5.75 Å². The standard InChI is InChI=1S/C22H23N3O2/c1-26-19-7-6-16-10-18(5-4-17(16)11-19)21-13-25(8-9-27-21)22-12-20(15-2-3-15)23-14-24-22/h4-7,10-12,14-15,21H,2-3,8-9,13H2,1H3. The maximum Gasteiger partial charge on any atom is 0.132 e. The summed E-state index contributed by atoms with van der Waals surface area (Å²) in [6.07, 6.45) is 4.26. The molecule has 5 heteroatoms. The second kappa shape index (κ2) is 6.82. The highest BCUT2D eigenvalue weighted by Crippen LogP contribution is 2.39. The fraction of sp³-hybridized carbons (Fsp3) is 0.364. The van der Waals surface area contributed by atoms with Gasteiger partial charge in [-0.1, -0.05) is 18.2 Å². The first-order valence-electron chi connectivity index (χ1n) is 9.56. The smallest absolute Gasteiger partial charge is 0.132 e. The van der Waals surface area contributed by atoms with Crippen LogP contribution < -0.4 is 9.64 Å². The summed E-state index contributed by atoms with van der Waals surface area (Å²) in [5, 5.41) is 2.38. The molecule has 1 saturated heterocycles. The van der Waals surface area contributed by atoms with E-state index in [1.54, 1.807) is 13.4 Å². The molecule has 5 nitrogen and oxygen atoms in total. The van der Waals surface area contributed by atoms with Gasteiger partial charge in [-0.3, -0.25) is 0 Å². The second-order valence-corrected chi connectivity index (χ2v) is 7.35. The zero-order chi connectivity index (χ0) is 18.2. The molecule has 2 aromatic carbocycles. The van der Waals surface area contributed by atoms with E-state index >= 15 is 0 Å². The molecule has 0 N–H and O–H groups in total. The van der Waals surface area contributed by atoms with Gasteiger partial charge in [-0.05, 0) is 47.4 Å². The van der Waals surface area contributed by atoms with Gasteiger partial charge in [0.2, 0.25) is 0 Å². The molecular formula is C22H23N3O2. The first-order valence-corrected chi connectivity index (χ1v) is 9.56. The number of fused-ring (bicyclic) bond motifs is 1. The quantitative estimate of drug-likeness (QED) is 0.700. The van der Waals surface area contributed by atoms with Gasteiger partial charge in [0.15, 0.2) is 0 Å². The molecular weight excluding hydrogens is 338 g/mol. The fourth-order valence-corrected chi connectivity index (χ4v) is 3.77. The predicted octanol–water partition coefficient (Wildman–Crippen LogP) is 4.09. The van der Waals surface area contributed by atoms with E-state index in [4.69, 9.17) is 9.47 Å². The number of rotatable bonds is 4. The van der Waals surface area contributed by atoms with E-state index in [0.29, 0.717) is 12.5 Å². The minimum absolute atomic E-state index is 0.0459. The van der Waals surface area contributed by atoms with Crippen molar-refractivity contribution in [3.05, 3.63) is 60.0 Å². The first-order chi connectivity index (χ1) is 13.3. The van der Waals surface area contributed by atoms with Gasteiger partial charge in [0.1, 0.15) is 24.0 Å². The Hall–Kier alpha value is -2.66. The molecule has 2 heterocycles. The number of morpholine rings is 1. The zero-order valence-corrected chi connectivity index (χ0v) is 15.5. The molecule has 1 aliphatic carbocycles. The van der Waals surface area contributed by atoms with Crippen molar-refractivity contribution in [2.24, 2.45) is 0 Å². The van der Waals surface area contributed by atoms with Gasteiger partial charge >= 0.3 is 0 Å². The highest BCUT2D eigenvalue weighted by atomic mass is 16.5. The van der Waals surface area contributed by atoms with Crippen LogP contribution in [0.25, 0.3) is 10.8 Å². The number of hydrogen-bond donors (Lipinski definition) is 0. The predicted molar refractivity (Wildman–Crippen MR) is 105 cm³/mol. The highest BCUT2D eigenvalue weighted by Gasteiger charge is 2.27. The SMILES string of the molecule is COc1ccc2cc(C3CN(c4cc(C5CC5)ncn4)CCO3)ccc2c1. The van der Waals surface area contributed by atoms with Crippen LogP contribution in [0.1, 0.15) is 36.1 Å². The van der Waals surface area contributed by atoms with E-state index < -0.39 is 0 Å². The Morgan fingerprint density at radius 1 is 1.04 bits per heavy atom. The van der Waals surface area contributed by atoms with Gasteiger partial charge in [0, 0.05) is 30.8 Å². The number of methoxy groups -OCH3 is 1. The molecule has 27 heavy (non-hydrogen) atoms. The number of aromatic nitrogens is 2. The zero-order valence-electron chi connectivity index (χ0n) is 15.5. The summed E-state index contributed by atoms with van der Waals surface area (Å²) < 4.78 is 11.4. The Labute approximate surface area is 159 Å². The highest BCUT2D eigenvalue weighted by molar-refractivity contribution is 5.84. The third-order valence-corrected chi connectivity index (χ3v) is 5.50. The molecule has 0 radical (unpaired) electrons. The average molecular weight is 361 g/mol. The Bertz CT molecular complexity index is 971. The molecule has 0 spiro atoms. The summed E-state index contributed by atoms with van der Waals surface area (Å²) >= 11 is 0. The number of benzene rings is 2. The Morgan fingerprint density at radius 2 is 1.89 bits per heavy atom. The Kier molecular flexibility index (Phi) is 4.17. The van der Waals surface area contributed by atoms with Crippen molar-refractivity contribution < 1.29 is 9.47 Å². The third-order valence-electron chi connectivity index (χ3n) is 5.50. The molecule has 2 fully saturated rings. The number of anilines is 1. The Morgan fingerprint density at radius 3 is 2.74 bits per heavy atom. The van der Waals surface area contributed by atoms with Gasteiger partial charge in [-0.2, -0.15) is 0 Å². The van der Waals surface area contributed by atoms with E-state index in [1.807, 2.05) is 6.07 Å². The molecule has 1 aliphatic heterocycles. The first kappa shape index (κ1) is 16.5. The largest absolute Gasteiger partial charge is 0.497 e. The lowest BCUT2D eigenvalue weighted by atomic mass is 10.0. The van der Waals surface area contributed by atoms with Crippen molar-refractivity contribution in [2.45, 2.75) is 24.9 Å². The molecule has 3 aromatic rings. The monoisotopic (exact) mass is 361 g/mol. The maximum atomic E-state index is 6.09. The van der Waals surface area contributed by atoms with Crippen LogP contribution in [0, 0.1) is 0 Å². The van der Waals surface area contributed by atoms with Crippen LogP contribution >= 0.6 is 0 Å². The van der Waals surface area contributed by atoms with Crippen LogP contribution in [0.15, 0.2) is 48.8 Å². The van der Waals surface area contributed by atoms with Crippen LogP contribution in [-0.2, 0) is 4.74 Å². The molecule has 0 bridgehead atoms. The third kappa shape index (κ3) is 3.35.